The van der Waals surface area contributed by atoms with Crippen molar-refractivity contribution >= 4 is 43.6 Å². The van der Waals surface area contributed by atoms with Gasteiger partial charge in [0, 0.05) is 5.56 Å². The molecule has 3 N–H and O–H groups in total. The molecule has 6 heteroatoms. The van der Waals surface area contributed by atoms with Crippen LogP contribution in [0.4, 0.5) is 5.13 Å². The van der Waals surface area contributed by atoms with Gasteiger partial charge in [0.05, 0.1) is 21.7 Å². The number of H-pyrrole nitrogens is 2. The van der Waals surface area contributed by atoms with Crippen LogP contribution in [-0.4, -0.2) is 15.9 Å². The maximum Gasteiger partial charge on any atom is 0.340 e. The van der Waals surface area contributed by atoms with Crippen LogP contribution < -0.4 is 10.3 Å². The van der Waals surface area contributed by atoms with Crippen LogP contribution in [0, 0.1) is 5.92 Å². The zero-order valence-electron chi connectivity index (χ0n) is 14.9. The Morgan fingerprint density at radius 2 is 2.00 bits per heavy atom. The van der Waals surface area contributed by atoms with Crippen molar-refractivity contribution < 1.29 is 9.78 Å². The van der Waals surface area contributed by atoms with Crippen LogP contribution >= 0.6 is 11.3 Å². The van der Waals surface area contributed by atoms with Gasteiger partial charge in [0.15, 0.2) is 0 Å². The predicted molar refractivity (Wildman–Crippen MR) is 109 cm³/mol. The maximum atomic E-state index is 12.5. The molecule has 0 spiro atoms. The zero-order chi connectivity index (χ0) is 18.2. The summed E-state index contributed by atoms with van der Waals surface area (Å²) in [6.07, 6.45) is 5.59. The SMILES string of the molecule is O=C(Nc1[nH+]c2ccc(-c3nc4ccccc4[nH]3)cc2s1)C1CCCCC1. The third kappa shape index (κ3) is 3.21. The summed E-state index contributed by atoms with van der Waals surface area (Å²) in [4.78, 5) is 23.9. The van der Waals surface area contributed by atoms with Gasteiger partial charge in [-0.1, -0.05) is 31.4 Å². The van der Waals surface area contributed by atoms with Crippen LogP contribution in [0.5, 0.6) is 0 Å². The van der Waals surface area contributed by atoms with Gasteiger partial charge in [-0.2, -0.15) is 0 Å². The Kier molecular flexibility index (Phi) is 4.13. The Hall–Kier alpha value is -2.73. The molecule has 0 atom stereocenters. The highest BCUT2D eigenvalue weighted by Crippen LogP contribution is 2.29. The second kappa shape index (κ2) is 6.78. The number of thiazole rings is 1. The molecule has 5 nitrogen and oxygen atoms in total. The first-order valence-electron chi connectivity index (χ1n) is 9.48. The van der Waals surface area contributed by atoms with Crippen LogP contribution in [0.2, 0.25) is 0 Å². The molecule has 0 saturated heterocycles. The number of amides is 1. The number of aromatic amines is 2. The Balaban J connectivity index is 1.41. The number of para-hydroxylation sites is 2. The van der Waals surface area contributed by atoms with E-state index in [0.29, 0.717) is 0 Å². The van der Waals surface area contributed by atoms with Gasteiger partial charge < -0.3 is 4.98 Å². The van der Waals surface area contributed by atoms with Gasteiger partial charge in [-0.15, -0.1) is 0 Å². The first-order chi connectivity index (χ1) is 13.3. The van der Waals surface area contributed by atoms with Crippen molar-refractivity contribution in [3.05, 3.63) is 42.5 Å². The molecule has 0 radical (unpaired) electrons. The van der Waals surface area contributed by atoms with Gasteiger partial charge in [0.25, 0.3) is 0 Å². The number of hydrogen-bond donors (Lipinski definition) is 2. The van der Waals surface area contributed by atoms with Crippen molar-refractivity contribution in [3.63, 3.8) is 0 Å². The Labute approximate surface area is 160 Å². The van der Waals surface area contributed by atoms with Crippen molar-refractivity contribution in [2.75, 3.05) is 5.32 Å². The molecular formula is C21H21N4OS+. The lowest BCUT2D eigenvalue weighted by molar-refractivity contribution is -0.321. The molecule has 2 heterocycles. The van der Waals surface area contributed by atoms with Crippen LogP contribution in [-0.2, 0) is 4.79 Å². The van der Waals surface area contributed by atoms with E-state index in [1.807, 2.05) is 30.3 Å². The summed E-state index contributed by atoms with van der Waals surface area (Å²) in [5, 5.41) is 3.89. The van der Waals surface area contributed by atoms with E-state index in [0.717, 1.165) is 63.5 Å². The minimum atomic E-state index is 0.148. The molecule has 1 saturated carbocycles. The van der Waals surface area contributed by atoms with Crippen LogP contribution in [0.15, 0.2) is 42.5 Å². The monoisotopic (exact) mass is 377 g/mol. The maximum absolute atomic E-state index is 12.5. The summed E-state index contributed by atoms with van der Waals surface area (Å²) in [5.74, 6) is 1.16. The second-order valence-corrected chi connectivity index (χ2v) is 8.25. The molecule has 1 aliphatic carbocycles. The number of anilines is 1. The van der Waals surface area contributed by atoms with Gasteiger partial charge >= 0.3 is 11.0 Å². The number of carbonyl (C=O) groups excluding carboxylic acids is 1. The molecule has 136 valence electrons. The molecule has 0 unspecified atom stereocenters. The first kappa shape index (κ1) is 16.4. The quantitative estimate of drug-likeness (QED) is 0.539. The highest BCUT2D eigenvalue weighted by molar-refractivity contribution is 7.21. The molecule has 4 aromatic rings. The Morgan fingerprint density at radius 1 is 1.15 bits per heavy atom. The summed E-state index contributed by atoms with van der Waals surface area (Å²) in [5.41, 5.74) is 4.06. The summed E-state index contributed by atoms with van der Waals surface area (Å²) in [7, 11) is 0. The number of imidazole rings is 1. The van der Waals surface area contributed by atoms with Crippen LogP contribution in [0.1, 0.15) is 32.1 Å². The lowest BCUT2D eigenvalue weighted by Crippen LogP contribution is -2.26. The van der Waals surface area contributed by atoms with Crippen molar-refractivity contribution in [1.82, 2.24) is 9.97 Å². The predicted octanol–water partition coefficient (Wildman–Crippen LogP) is 4.78. The molecule has 0 aliphatic heterocycles. The molecule has 1 fully saturated rings. The standard InChI is InChI=1S/C21H20N4OS/c26-20(13-6-2-1-3-7-13)25-21-24-17-11-10-14(12-18(17)27-21)19-22-15-8-4-5-9-16(15)23-19/h4-5,8-13H,1-3,6-7H2,(H,22,23)(H,24,25,26)/p+1. The zero-order valence-corrected chi connectivity index (χ0v) is 15.7. The number of nitrogens with zero attached hydrogens (tertiary/aromatic N) is 1. The molecule has 1 aliphatic rings. The average molecular weight is 377 g/mol. The van der Waals surface area contributed by atoms with Crippen molar-refractivity contribution in [2.24, 2.45) is 5.92 Å². The summed E-state index contributed by atoms with van der Waals surface area (Å²) >= 11 is 1.58. The van der Waals surface area contributed by atoms with E-state index < -0.39 is 0 Å². The highest BCUT2D eigenvalue weighted by Gasteiger charge is 2.26. The normalized spacial score (nSPS) is 15.4. The topological polar surface area (TPSA) is 71.9 Å². The number of fused-ring (bicyclic) bond motifs is 2. The fourth-order valence-electron chi connectivity index (χ4n) is 3.84. The molecule has 5 rings (SSSR count). The molecule has 0 bridgehead atoms. The number of aromatic nitrogens is 3. The van der Waals surface area contributed by atoms with E-state index in [1.54, 1.807) is 11.3 Å². The van der Waals surface area contributed by atoms with E-state index in [-0.39, 0.29) is 11.8 Å². The molecule has 27 heavy (non-hydrogen) atoms. The molecule has 2 aromatic heterocycles. The summed E-state index contributed by atoms with van der Waals surface area (Å²) in [6.45, 7) is 0. The number of carbonyl (C=O) groups is 1. The molecular weight excluding hydrogens is 356 g/mol. The van der Waals surface area contributed by atoms with Crippen molar-refractivity contribution in [1.29, 1.82) is 0 Å². The second-order valence-electron chi connectivity index (χ2n) is 7.19. The van der Waals surface area contributed by atoms with E-state index in [1.165, 1.54) is 6.42 Å². The molecule has 2 aromatic carbocycles. The van der Waals surface area contributed by atoms with E-state index in [9.17, 15) is 4.79 Å². The van der Waals surface area contributed by atoms with Gasteiger partial charge in [0.1, 0.15) is 11.3 Å². The number of hydrogen-bond acceptors (Lipinski definition) is 3. The van der Waals surface area contributed by atoms with Gasteiger partial charge in [-0.05, 0) is 54.5 Å². The third-order valence-corrected chi connectivity index (χ3v) is 6.28. The molecule has 1 amide bonds. The third-order valence-electron chi connectivity index (χ3n) is 5.32. The number of benzene rings is 2. The Bertz CT molecular complexity index is 1090. The van der Waals surface area contributed by atoms with E-state index in [4.69, 9.17) is 0 Å². The fourth-order valence-corrected chi connectivity index (χ4v) is 4.79. The van der Waals surface area contributed by atoms with Crippen molar-refractivity contribution in [2.45, 2.75) is 32.1 Å². The van der Waals surface area contributed by atoms with E-state index in [2.05, 4.69) is 32.4 Å². The van der Waals surface area contributed by atoms with Gasteiger partial charge in [-0.3, -0.25) is 0 Å². The fraction of sp³-hybridized carbons (Fsp3) is 0.286. The summed E-state index contributed by atoms with van der Waals surface area (Å²) in [6, 6.07) is 14.2. The number of nitrogens with one attached hydrogen (secondary N) is 3. The van der Waals surface area contributed by atoms with Crippen molar-refractivity contribution in [3.8, 4) is 11.4 Å². The average Bonchev–Trinajstić information content (AvgIpc) is 3.31. The Morgan fingerprint density at radius 3 is 2.85 bits per heavy atom. The highest BCUT2D eigenvalue weighted by atomic mass is 32.1. The first-order valence-corrected chi connectivity index (χ1v) is 10.3. The number of rotatable bonds is 3. The lowest BCUT2D eigenvalue weighted by atomic mass is 9.89. The lowest BCUT2D eigenvalue weighted by Gasteiger charge is -2.17. The van der Waals surface area contributed by atoms with Gasteiger partial charge in [-0.25, -0.2) is 20.1 Å². The van der Waals surface area contributed by atoms with E-state index >= 15 is 0 Å². The smallest absolute Gasteiger partial charge is 0.338 e. The van der Waals surface area contributed by atoms with Gasteiger partial charge in [0.2, 0.25) is 0 Å². The largest absolute Gasteiger partial charge is 0.340 e. The minimum Gasteiger partial charge on any atom is -0.338 e. The minimum absolute atomic E-state index is 0.148. The van der Waals surface area contributed by atoms with Crippen LogP contribution in [0.25, 0.3) is 32.6 Å². The summed E-state index contributed by atoms with van der Waals surface area (Å²) < 4.78 is 1.10. The van der Waals surface area contributed by atoms with Crippen LogP contribution in [0.3, 0.4) is 0 Å².